The van der Waals surface area contributed by atoms with Gasteiger partial charge in [-0.3, -0.25) is 4.98 Å². The topological polar surface area (TPSA) is 72.4 Å². The van der Waals surface area contributed by atoms with Crippen LogP contribution in [0.5, 0.6) is 0 Å². The lowest BCUT2D eigenvalue weighted by atomic mass is 10.2. The average molecular weight is 370 g/mol. The maximum absolute atomic E-state index is 13.0. The summed E-state index contributed by atoms with van der Waals surface area (Å²) in [4.78, 5) is 8.05. The van der Waals surface area contributed by atoms with Crippen molar-refractivity contribution in [3.63, 3.8) is 0 Å². The number of hydrogen-bond acceptors (Lipinski definition) is 5. The summed E-state index contributed by atoms with van der Waals surface area (Å²) in [5, 5.41) is 0.300. The summed E-state index contributed by atoms with van der Waals surface area (Å²) < 4.78 is 32.4. The number of aryl methyl sites for hydroxylation is 1. The van der Waals surface area contributed by atoms with Gasteiger partial charge in [0.25, 0.3) is 0 Å². The second-order valence-electron chi connectivity index (χ2n) is 5.32. The largest absolute Gasteiger partial charge is 0.385 e. The smallest absolute Gasteiger partial charge is 0.244 e. The molecule has 0 amide bonds. The lowest BCUT2D eigenvalue weighted by molar-refractivity contribution is 0.186. The van der Waals surface area contributed by atoms with Gasteiger partial charge in [0.05, 0.1) is 0 Å². The fourth-order valence-electron chi connectivity index (χ4n) is 2.18. The van der Waals surface area contributed by atoms with Crippen molar-refractivity contribution >= 4 is 21.6 Å². The highest BCUT2D eigenvalue weighted by Gasteiger charge is 2.25. The molecule has 2 aromatic rings. The predicted molar refractivity (Wildman–Crippen MR) is 92.3 cm³/mol. The van der Waals surface area contributed by atoms with Crippen molar-refractivity contribution in [2.45, 2.75) is 24.8 Å². The Hall–Kier alpha value is -1.54. The second-order valence-corrected chi connectivity index (χ2v) is 7.62. The van der Waals surface area contributed by atoms with E-state index in [9.17, 15) is 8.42 Å². The van der Waals surface area contributed by atoms with Crippen molar-refractivity contribution in [3.05, 3.63) is 53.1 Å². The van der Waals surface area contributed by atoms with Crippen molar-refractivity contribution in [2.24, 2.45) is 0 Å². The number of hydrogen-bond donors (Lipinski definition) is 0. The average Bonchev–Trinajstić information content (AvgIpc) is 2.57. The van der Waals surface area contributed by atoms with Gasteiger partial charge in [-0.25, -0.2) is 13.4 Å². The van der Waals surface area contributed by atoms with Crippen molar-refractivity contribution in [2.75, 3.05) is 20.3 Å². The Morgan fingerprint density at radius 2 is 2.00 bits per heavy atom. The van der Waals surface area contributed by atoms with Gasteiger partial charge in [0.2, 0.25) is 10.0 Å². The molecule has 6 nitrogen and oxygen atoms in total. The lowest BCUT2D eigenvalue weighted by Crippen LogP contribution is -2.32. The second kappa shape index (κ2) is 8.53. The molecule has 2 heterocycles. The maximum Gasteiger partial charge on any atom is 0.244 e. The van der Waals surface area contributed by atoms with Crippen LogP contribution in [0.25, 0.3) is 0 Å². The van der Waals surface area contributed by atoms with Gasteiger partial charge in [-0.1, -0.05) is 11.6 Å². The molecule has 0 unspecified atom stereocenters. The summed E-state index contributed by atoms with van der Waals surface area (Å²) in [5.74, 6) is 0. The van der Waals surface area contributed by atoms with E-state index >= 15 is 0 Å². The van der Waals surface area contributed by atoms with Crippen molar-refractivity contribution in [1.29, 1.82) is 0 Å². The Bertz CT molecular complexity index is 769. The molecule has 0 atom stereocenters. The van der Waals surface area contributed by atoms with Crippen LogP contribution in [0.15, 0.2) is 41.7 Å². The molecule has 24 heavy (non-hydrogen) atoms. The Labute approximate surface area is 147 Å². The molecule has 0 aliphatic heterocycles. The molecule has 0 spiro atoms. The molecule has 0 saturated carbocycles. The Morgan fingerprint density at radius 3 is 2.62 bits per heavy atom. The molecule has 8 heteroatoms. The minimum atomic E-state index is -3.68. The van der Waals surface area contributed by atoms with Crippen molar-refractivity contribution < 1.29 is 13.2 Å². The predicted octanol–water partition coefficient (Wildman–Crippen LogP) is 2.67. The summed E-state index contributed by atoms with van der Waals surface area (Å²) in [6.45, 7) is 2.82. The van der Waals surface area contributed by atoms with Crippen LogP contribution >= 0.6 is 11.6 Å². The first-order chi connectivity index (χ1) is 11.4. The van der Waals surface area contributed by atoms with Crippen LogP contribution in [0.1, 0.15) is 17.5 Å². The van der Waals surface area contributed by atoms with E-state index in [0.717, 1.165) is 5.56 Å². The zero-order valence-corrected chi connectivity index (χ0v) is 15.2. The van der Waals surface area contributed by atoms with E-state index in [-0.39, 0.29) is 11.4 Å². The van der Waals surface area contributed by atoms with Crippen LogP contribution in [0.4, 0.5) is 0 Å². The van der Waals surface area contributed by atoms with Gasteiger partial charge in [-0.15, -0.1) is 0 Å². The van der Waals surface area contributed by atoms with E-state index in [0.29, 0.717) is 30.3 Å². The van der Waals surface area contributed by atoms with Crippen LogP contribution in [0, 0.1) is 6.92 Å². The first kappa shape index (κ1) is 18.8. The van der Waals surface area contributed by atoms with Gasteiger partial charge in [0.15, 0.2) is 0 Å². The Morgan fingerprint density at radius 1 is 1.29 bits per heavy atom. The van der Waals surface area contributed by atoms with E-state index in [1.807, 2.05) is 0 Å². The van der Waals surface area contributed by atoms with E-state index in [1.165, 1.54) is 10.5 Å². The number of pyridine rings is 2. The molecule has 0 radical (unpaired) electrons. The third-order valence-corrected chi connectivity index (χ3v) is 5.70. The molecule has 0 fully saturated rings. The maximum atomic E-state index is 13.0. The van der Waals surface area contributed by atoms with Crippen LogP contribution in [-0.2, 0) is 21.3 Å². The highest BCUT2D eigenvalue weighted by Crippen LogP contribution is 2.21. The summed E-state index contributed by atoms with van der Waals surface area (Å²) in [7, 11) is -2.09. The molecular weight excluding hydrogens is 350 g/mol. The zero-order chi connectivity index (χ0) is 17.6. The molecule has 0 aliphatic rings. The lowest BCUT2D eigenvalue weighted by Gasteiger charge is -2.22. The van der Waals surface area contributed by atoms with Gasteiger partial charge in [0, 0.05) is 45.4 Å². The third-order valence-electron chi connectivity index (χ3n) is 3.49. The molecule has 0 N–H and O–H groups in total. The molecule has 0 aromatic carbocycles. The molecule has 2 aromatic heterocycles. The minimum absolute atomic E-state index is 0.135. The van der Waals surface area contributed by atoms with Gasteiger partial charge in [0.1, 0.15) is 10.0 Å². The number of sulfonamides is 1. The fourth-order valence-corrected chi connectivity index (χ4v) is 3.79. The summed E-state index contributed by atoms with van der Waals surface area (Å²) in [6.07, 6.45) is 5.17. The molecular formula is C16H20ClN3O3S. The van der Waals surface area contributed by atoms with Crippen molar-refractivity contribution in [1.82, 2.24) is 14.3 Å². The number of aromatic nitrogens is 2. The third kappa shape index (κ3) is 4.73. The summed E-state index contributed by atoms with van der Waals surface area (Å²) >= 11 is 5.90. The van der Waals surface area contributed by atoms with Crippen LogP contribution in [0.3, 0.4) is 0 Å². The van der Waals surface area contributed by atoms with E-state index in [2.05, 4.69) is 9.97 Å². The van der Waals surface area contributed by atoms with E-state index < -0.39 is 10.0 Å². The van der Waals surface area contributed by atoms with Gasteiger partial charge < -0.3 is 4.74 Å². The number of methoxy groups -OCH3 is 1. The SMILES string of the molecule is COCCCN(Cc1ccncc1)S(=O)(=O)c1cnc(Cl)c(C)c1. The Kier molecular flexibility index (Phi) is 6.68. The van der Waals surface area contributed by atoms with Crippen LogP contribution < -0.4 is 0 Å². The zero-order valence-electron chi connectivity index (χ0n) is 13.6. The first-order valence-electron chi connectivity index (χ1n) is 7.45. The summed E-state index contributed by atoms with van der Waals surface area (Å²) in [5.41, 5.74) is 1.49. The molecule has 130 valence electrons. The number of ether oxygens (including phenoxy) is 1. The van der Waals surface area contributed by atoms with E-state index in [4.69, 9.17) is 16.3 Å². The van der Waals surface area contributed by atoms with Crippen molar-refractivity contribution in [3.8, 4) is 0 Å². The molecule has 2 rings (SSSR count). The van der Waals surface area contributed by atoms with Gasteiger partial charge in [-0.05, 0) is 42.7 Å². The van der Waals surface area contributed by atoms with E-state index in [1.54, 1.807) is 44.6 Å². The van der Waals surface area contributed by atoms with Gasteiger partial charge in [-0.2, -0.15) is 4.31 Å². The standard InChI is InChI=1S/C16H20ClN3O3S/c1-13-10-15(11-19-16(13)17)24(21,22)20(8-3-9-23-2)12-14-4-6-18-7-5-14/h4-7,10-11H,3,8-9,12H2,1-2H3. The monoisotopic (exact) mass is 369 g/mol. The molecule has 0 bridgehead atoms. The minimum Gasteiger partial charge on any atom is -0.385 e. The Balaban J connectivity index is 2.30. The number of halogens is 1. The fraction of sp³-hybridized carbons (Fsp3) is 0.375. The van der Waals surface area contributed by atoms with Crippen LogP contribution in [0.2, 0.25) is 5.15 Å². The first-order valence-corrected chi connectivity index (χ1v) is 9.27. The molecule has 0 aliphatic carbocycles. The highest BCUT2D eigenvalue weighted by atomic mass is 35.5. The molecule has 0 saturated heterocycles. The summed E-state index contributed by atoms with van der Waals surface area (Å²) in [6, 6.07) is 5.13. The number of nitrogens with zero attached hydrogens (tertiary/aromatic N) is 3. The quantitative estimate of drug-likeness (QED) is 0.528. The highest BCUT2D eigenvalue weighted by molar-refractivity contribution is 7.89. The van der Waals surface area contributed by atoms with Crippen LogP contribution in [-0.4, -0.2) is 43.0 Å². The normalized spacial score (nSPS) is 11.8. The number of rotatable bonds is 8. The van der Waals surface area contributed by atoms with Gasteiger partial charge >= 0.3 is 0 Å².